The zero-order valence-corrected chi connectivity index (χ0v) is 8.19. The zero-order valence-electron chi connectivity index (χ0n) is 8.19. The maximum atomic E-state index is 6.09. The van der Waals surface area contributed by atoms with E-state index in [0.29, 0.717) is 5.92 Å². The highest BCUT2D eigenvalue weighted by atomic mass is 14.8. The number of hydrogen-bond donors (Lipinski definition) is 2. The summed E-state index contributed by atoms with van der Waals surface area (Å²) in [5, 5.41) is 3.12. The van der Waals surface area contributed by atoms with Gasteiger partial charge >= 0.3 is 0 Å². The highest BCUT2D eigenvalue weighted by Crippen LogP contribution is 2.32. The lowest BCUT2D eigenvalue weighted by molar-refractivity contribution is 0.262. The second-order valence-corrected chi connectivity index (χ2v) is 4.22. The van der Waals surface area contributed by atoms with Crippen molar-refractivity contribution >= 4 is 0 Å². The Balaban J connectivity index is 2.52. The van der Waals surface area contributed by atoms with Crippen LogP contribution in [0, 0.1) is 5.92 Å². The van der Waals surface area contributed by atoms with Gasteiger partial charge in [-0.1, -0.05) is 13.0 Å². The van der Waals surface area contributed by atoms with E-state index in [9.17, 15) is 0 Å². The first-order valence-corrected chi connectivity index (χ1v) is 4.70. The van der Waals surface area contributed by atoms with E-state index in [0.717, 1.165) is 18.5 Å². The van der Waals surface area contributed by atoms with Gasteiger partial charge in [-0.05, 0) is 32.1 Å². The Kier molecular flexibility index (Phi) is 2.78. The molecule has 0 saturated heterocycles. The van der Waals surface area contributed by atoms with Gasteiger partial charge in [-0.2, -0.15) is 0 Å². The smallest absolute Gasteiger partial charge is 0.0132 e. The molecule has 1 saturated carbocycles. The van der Waals surface area contributed by atoms with Crippen LogP contribution in [0.5, 0.6) is 0 Å². The largest absolute Gasteiger partial charge is 0.392 e. The van der Waals surface area contributed by atoms with Crippen LogP contribution in [0.4, 0.5) is 0 Å². The molecule has 70 valence electrons. The molecular formula is C10H20N2. The molecule has 1 aliphatic rings. The predicted octanol–water partition coefficient (Wildman–Crippen LogP) is 1.63. The minimum atomic E-state index is 0.0305. The fraction of sp³-hybridized carbons (Fsp3) is 0.800. The highest BCUT2D eigenvalue weighted by Gasteiger charge is 2.29. The van der Waals surface area contributed by atoms with Crippen molar-refractivity contribution in [2.24, 2.45) is 11.7 Å². The number of nitrogens with two attached hydrogens (primary N) is 1. The van der Waals surface area contributed by atoms with Gasteiger partial charge in [-0.15, -0.1) is 0 Å². The summed E-state index contributed by atoms with van der Waals surface area (Å²) in [5.41, 5.74) is 7.27. The van der Waals surface area contributed by atoms with E-state index in [-0.39, 0.29) is 5.54 Å². The minimum absolute atomic E-state index is 0.0305. The number of allylic oxidation sites excluding steroid dienone is 1. The van der Waals surface area contributed by atoms with E-state index in [1.165, 1.54) is 12.8 Å². The number of rotatable bonds is 2. The molecule has 2 atom stereocenters. The van der Waals surface area contributed by atoms with Crippen molar-refractivity contribution < 1.29 is 0 Å². The maximum absolute atomic E-state index is 6.09. The third-order valence-electron chi connectivity index (χ3n) is 2.83. The van der Waals surface area contributed by atoms with Crippen LogP contribution in [-0.2, 0) is 0 Å². The van der Waals surface area contributed by atoms with Gasteiger partial charge in [0.15, 0.2) is 0 Å². The molecule has 0 aliphatic heterocycles. The quantitative estimate of drug-likeness (QED) is 0.657. The van der Waals surface area contributed by atoms with E-state index >= 15 is 0 Å². The Morgan fingerprint density at radius 1 is 1.67 bits per heavy atom. The van der Waals surface area contributed by atoms with Gasteiger partial charge in [0.25, 0.3) is 0 Å². The summed E-state index contributed by atoms with van der Waals surface area (Å²) in [6, 6.07) is 0. The molecule has 0 amide bonds. The van der Waals surface area contributed by atoms with Gasteiger partial charge in [0.05, 0.1) is 0 Å². The van der Waals surface area contributed by atoms with Crippen molar-refractivity contribution in [3.05, 3.63) is 12.3 Å². The van der Waals surface area contributed by atoms with Crippen molar-refractivity contribution in [3.8, 4) is 0 Å². The summed E-state index contributed by atoms with van der Waals surface area (Å²) in [6.45, 7) is 6.14. The molecule has 0 aromatic heterocycles. The van der Waals surface area contributed by atoms with Crippen LogP contribution in [0.2, 0.25) is 0 Å². The number of hydrogen-bond acceptors (Lipinski definition) is 2. The third-order valence-corrected chi connectivity index (χ3v) is 2.83. The maximum Gasteiger partial charge on any atom is 0.0132 e. The molecule has 1 rings (SSSR count). The Morgan fingerprint density at radius 2 is 2.33 bits per heavy atom. The minimum Gasteiger partial charge on any atom is -0.392 e. The normalized spacial score (nSPS) is 36.1. The monoisotopic (exact) mass is 168 g/mol. The Bertz CT molecular complexity index is 173. The van der Waals surface area contributed by atoms with Crippen LogP contribution in [0.3, 0.4) is 0 Å². The molecule has 2 nitrogen and oxygen atoms in total. The van der Waals surface area contributed by atoms with Crippen LogP contribution in [0.1, 0.15) is 32.6 Å². The predicted molar refractivity (Wildman–Crippen MR) is 52.8 cm³/mol. The van der Waals surface area contributed by atoms with E-state index in [2.05, 4.69) is 18.8 Å². The third kappa shape index (κ3) is 2.24. The molecule has 12 heavy (non-hydrogen) atoms. The van der Waals surface area contributed by atoms with Crippen molar-refractivity contribution in [1.82, 2.24) is 5.32 Å². The van der Waals surface area contributed by atoms with Gasteiger partial charge < -0.3 is 11.1 Å². The molecule has 0 spiro atoms. The van der Waals surface area contributed by atoms with Crippen molar-refractivity contribution in [3.63, 3.8) is 0 Å². The molecule has 2 heteroatoms. The number of nitrogens with one attached hydrogen (secondary N) is 1. The molecule has 3 N–H and O–H groups in total. The molecular weight excluding hydrogens is 148 g/mol. The molecule has 1 aliphatic carbocycles. The zero-order chi connectivity index (χ0) is 9.19. The highest BCUT2D eigenvalue weighted by molar-refractivity contribution is 5.02. The first kappa shape index (κ1) is 9.59. The van der Waals surface area contributed by atoms with Gasteiger partial charge in [-0.25, -0.2) is 0 Å². The summed E-state index contributed by atoms with van der Waals surface area (Å²) >= 11 is 0. The average Bonchev–Trinajstić information content (AvgIpc) is 2.01. The summed E-state index contributed by atoms with van der Waals surface area (Å²) in [6.07, 6.45) is 4.71. The van der Waals surface area contributed by atoms with Crippen molar-refractivity contribution in [1.29, 1.82) is 0 Å². The lowest BCUT2D eigenvalue weighted by Gasteiger charge is -2.35. The summed E-state index contributed by atoms with van der Waals surface area (Å²) < 4.78 is 0. The van der Waals surface area contributed by atoms with E-state index < -0.39 is 0 Å². The second kappa shape index (κ2) is 3.48. The fourth-order valence-corrected chi connectivity index (χ4v) is 2.02. The van der Waals surface area contributed by atoms with E-state index in [1.54, 1.807) is 0 Å². The van der Waals surface area contributed by atoms with E-state index in [4.69, 9.17) is 5.73 Å². The Morgan fingerprint density at radius 3 is 2.83 bits per heavy atom. The van der Waals surface area contributed by atoms with E-state index in [1.807, 2.05) is 7.05 Å². The SMILES string of the molecule is C=C(NC)C1CCCC(C)(N)C1. The summed E-state index contributed by atoms with van der Waals surface area (Å²) in [7, 11) is 1.94. The average molecular weight is 168 g/mol. The molecule has 1 fully saturated rings. The topological polar surface area (TPSA) is 38.0 Å². The lowest BCUT2D eigenvalue weighted by Crippen LogP contribution is -2.42. The van der Waals surface area contributed by atoms with Crippen LogP contribution in [-0.4, -0.2) is 12.6 Å². The molecule has 0 bridgehead atoms. The standard InChI is InChI=1S/C10H20N2/c1-8(12-3)9-5-4-6-10(2,11)7-9/h9,12H,1,4-7,11H2,2-3H3. The van der Waals surface area contributed by atoms with Gasteiger partial charge in [0.2, 0.25) is 0 Å². The van der Waals surface area contributed by atoms with Crippen LogP contribution in [0.25, 0.3) is 0 Å². The first-order valence-electron chi connectivity index (χ1n) is 4.70. The van der Waals surface area contributed by atoms with Crippen LogP contribution < -0.4 is 11.1 Å². The molecule has 0 aromatic rings. The molecule has 0 radical (unpaired) electrons. The molecule has 2 unspecified atom stereocenters. The second-order valence-electron chi connectivity index (χ2n) is 4.22. The summed E-state index contributed by atoms with van der Waals surface area (Å²) in [4.78, 5) is 0. The van der Waals surface area contributed by atoms with Crippen molar-refractivity contribution in [2.75, 3.05) is 7.05 Å². The Hall–Kier alpha value is -0.500. The lowest BCUT2D eigenvalue weighted by atomic mass is 9.76. The van der Waals surface area contributed by atoms with Gasteiger partial charge in [0, 0.05) is 18.3 Å². The van der Waals surface area contributed by atoms with Gasteiger partial charge in [0.1, 0.15) is 0 Å². The fourth-order valence-electron chi connectivity index (χ4n) is 2.02. The van der Waals surface area contributed by atoms with Crippen molar-refractivity contribution in [2.45, 2.75) is 38.1 Å². The van der Waals surface area contributed by atoms with Crippen LogP contribution >= 0.6 is 0 Å². The Labute approximate surface area is 75.2 Å². The molecule has 0 heterocycles. The van der Waals surface area contributed by atoms with Gasteiger partial charge in [-0.3, -0.25) is 0 Å². The first-order chi connectivity index (χ1) is 5.55. The molecule has 0 aromatic carbocycles. The summed E-state index contributed by atoms with van der Waals surface area (Å²) in [5.74, 6) is 0.582. The van der Waals surface area contributed by atoms with Crippen LogP contribution in [0.15, 0.2) is 12.3 Å².